The highest BCUT2D eigenvalue weighted by Crippen LogP contribution is 2.34. The zero-order valence-electron chi connectivity index (χ0n) is 20.9. The highest BCUT2D eigenvalue weighted by Gasteiger charge is 2.30. The van der Waals surface area contributed by atoms with Crippen molar-refractivity contribution >= 4 is 19.5 Å². The number of rotatable bonds is 12. The molecular formula is C31H36O2Si2. The Balaban J connectivity index is 1.32. The Labute approximate surface area is 215 Å². The van der Waals surface area contributed by atoms with E-state index in [0.717, 1.165) is 0 Å². The van der Waals surface area contributed by atoms with E-state index in [-0.39, 0.29) is 11.2 Å². The van der Waals surface area contributed by atoms with Gasteiger partial charge in [-0.25, -0.2) is 0 Å². The van der Waals surface area contributed by atoms with Gasteiger partial charge < -0.3 is 8.85 Å². The minimum Gasteiger partial charge on any atom is -0.411 e. The van der Waals surface area contributed by atoms with Gasteiger partial charge in [0.1, 0.15) is 11.2 Å². The van der Waals surface area contributed by atoms with Crippen molar-refractivity contribution in [3.63, 3.8) is 0 Å². The Morgan fingerprint density at radius 2 is 0.714 bits per heavy atom. The molecule has 0 spiro atoms. The van der Waals surface area contributed by atoms with Gasteiger partial charge in [0.15, 0.2) is 19.5 Å². The predicted octanol–water partition coefficient (Wildman–Crippen LogP) is 6.34. The molecule has 180 valence electrons. The van der Waals surface area contributed by atoms with Crippen LogP contribution in [0.25, 0.3) is 0 Å². The highest BCUT2D eigenvalue weighted by atomic mass is 28.2. The van der Waals surface area contributed by atoms with E-state index >= 15 is 0 Å². The molecule has 0 radical (unpaired) electrons. The Bertz CT molecular complexity index is 964. The van der Waals surface area contributed by atoms with Gasteiger partial charge in [0.05, 0.1) is 0 Å². The van der Waals surface area contributed by atoms with Gasteiger partial charge in [0.2, 0.25) is 0 Å². The summed E-state index contributed by atoms with van der Waals surface area (Å²) in [5.41, 5.74) is 4.11. The number of benzene rings is 4. The van der Waals surface area contributed by atoms with E-state index in [1.54, 1.807) is 0 Å². The van der Waals surface area contributed by atoms with Crippen LogP contribution in [0.2, 0.25) is 12.1 Å². The minimum absolute atomic E-state index is 0.387. The molecule has 0 aliphatic rings. The molecule has 0 aromatic heterocycles. The standard InChI is InChI=1S/C31H36O2Si2/c1-30(26-16-7-3-8-17-26,27-18-9-4-10-19-27)32-34-24-15-25-35-33-31(2,28-20-11-5-12-21-28)29-22-13-6-14-23-29/h3-14,16-23H,15,24-25,34-35H2,1-2H3. The Morgan fingerprint density at radius 1 is 0.457 bits per heavy atom. The lowest BCUT2D eigenvalue weighted by atomic mass is 9.88. The molecule has 0 aliphatic heterocycles. The lowest BCUT2D eigenvalue weighted by Gasteiger charge is -2.32. The molecule has 0 heterocycles. The van der Waals surface area contributed by atoms with Gasteiger partial charge in [-0.15, -0.1) is 0 Å². The summed E-state index contributed by atoms with van der Waals surface area (Å²) >= 11 is 0. The van der Waals surface area contributed by atoms with Crippen molar-refractivity contribution in [3.05, 3.63) is 144 Å². The summed E-state index contributed by atoms with van der Waals surface area (Å²) in [6.45, 7) is 4.43. The molecule has 0 saturated carbocycles. The van der Waals surface area contributed by atoms with Gasteiger partial charge in [-0.1, -0.05) is 128 Å². The molecule has 4 aromatic carbocycles. The summed E-state index contributed by atoms with van der Waals surface area (Å²) in [7, 11) is -1.35. The molecule has 0 atom stereocenters. The van der Waals surface area contributed by atoms with Gasteiger partial charge in [-0.05, 0) is 48.2 Å². The van der Waals surface area contributed by atoms with Crippen LogP contribution in [-0.4, -0.2) is 19.5 Å². The van der Waals surface area contributed by atoms with Gasteiger partial charge in [0.25, 0.3) is 0 Å². The number of hydrogen-bond acceptors (Lipinski definition) is 2. The van der Waals surface area contributed by atoms with Crippen molar-refractivity contribution in [1.29, 1.82) is 0 Å². The van der Waals surface area contributed by atoms with Crippen molar-refractivity contribution in [2.24, 2.45) is 0 Å². The quantitative estimate of drug-likeness (QED) is 0.168. The van der Waals surface area contributed by atoms with Crippen LogP contribution in [0, 0.1) is 0 Å². The minimum atomic E-state index is -0.677. The lowest BCUT2D eigenvalue weighted by molar-refractivity contribution is 0.138. The van der Waals surface area contributed by atoms with Crippen LogP contribution in [0.5, 0.6) is 0 Å². The van der Waals surface area contributed by atoms with Gasteiger partial charge in [-0.3, -0.25) is 0 Å². The van der Waals surface area contributed by atoms with Crippen LogP contribution in [0.4, 0.5) is 0 Å². The fraction of sp³-hybridized carbons (Fsp3) is 0.226. The SMILES string of the molecule is CC(O[SiH2]CCC[SiH2]OC(C)(c1ccccc1)c1ccccc1)(c1ccccc1)c1ccccc1. The number of hydrogen-bond donors (Lipinski definition) is 0. The van der Waals surface area contributed by atoms with Crippen LogP contribution < -0.4 is 0 Å². The molecule has 0 bridgehead atoms. The third-order valence-electron chi connectivity index (χ3n) is 6.87. The largest absolute Gasteiger partial charge is 0.411 e. The molecule has 35 heavy (non-hydrogen) atoms. The summed E-state index contributed by atoms with van der Waals surface area (Å²) < 4.78 is 13.4. The van der Waals surface area contributed by atoms with Crippen LogP contribution in [-0.2, 0) is 20.1 Å². The summed E-state index contributed by atoms with van der Waals surface area (Å²) in [5.74, 6) is 0. The first-order valence-corrected chi connectivity index (χ1v) is 15.8. The summed E-state index contributed by atoms with van der Waals surface area (Å²) in [6.07, 6.45) is 1.18. The molecule has 0 amide bonds. The molecule has 4 heteroatoms. The second-order valence-corrected chi connectivity index (χ2v) is 12.1. The van der Waals surface area contributed by atoms with E-state index < -0.39 is 19.5 Å². The fourth-order valence-electron chi connectivity index (χ4n) is 4.62. The van der Waals surface area contributed by atoms with E-state index in [0.29, 0.717) is 0 Å². The molecular weight excluding hydrogens is 461 g/mol. The first kappa shape index (κ1) is 25.3. The normalized spacial score (nSPS) is 12.6. The lowest BCUT2D eigenvalue weighted by Crippen LogP contribution is -2.30. The predicted molar refractivity (Wildman–Crippen MR) is 152 cm³/mol. The molecule has 2 nitrogen and oxygen atoms in total. The summed E-state index contributed by atoms with van der Waals surface area (Å²) in [4.78, 5) is 0. The maximum atomic E-state index is 6.70. The summed E-state index contributed by atoms with van der Waals surface area (Å²) in [6, 6.07) is 44.8. The van der Waals surface area contributed by atoms with E-state index in [4.69, 9.17) is 8.85 Å². The fourth-order valence-corrected chi connectivity index (χ4v) is 8.22. The Morgan fingerprint density at radius 3 is 0.971 bits per heavy atom. The third-order valence-corrected chi connectivity index (χ3v) is 10.0. The van der Waals surface area contributed by atoms with Crippen molar-refractivity contribution in [3.8, 4) is 0 Å². The van der Waals surface area contributed by atoms with E-state index in [2.05, 4.69) is 135 Å². The zero-order valence-corrected chi connectivity index (χ0v) is 23.7. The second-order valence-electron chi connectivity index (χ2n) is 9.29. The molecule has 4 aromatic rings. The van der Waals surface area contributed by atoms with E-state index in [1.165, 1.54) is 40.8 Å². The third kappa shape index (κ3) is 6.27. The van der Waals surface area contributed by atoms with Gasteiger partial charge in [-0.2, -0.15) is 0 Å². The van der Waals surface area contributed by atoms with Crippen molar-refractivity contribution in [1.82, 2.24) is 0 Å². The van der Waals surface area contributed by atoms with E-state index in [1.807, 2.05) is 0 Å². The van der Waals surface area contributed by atoms with Crippen LogP contribution in [0.3, 0.4) is 0 Å². The van der Waals surface area contributed by atoms with Gasteiger partial charge in [0, 0.05) is 0 Å². The van der Waals surface area contributed by atoms with Crippen LogP contribution >= 0.6 is 0 Å². The molecule has 4 rings (SSSR count). The highest BCUT2D eigenvalue weighted by molar-refractivity contribution is 6.29. The maximum absolute atomic E-state index is 6.70. The first-order chi connectivity index (χ1) is 17.1. The Kier molecular flexibility index (Phi) is 8.88. The van der Waals surface area contributed by atoms with E-state index in [9.17, 15) is 0 Å². The molecule has 0 aliphatic carbocycles. The zero-order chi connectivity index (χ0) is 24.4. The maximum Gasteiger partial charge on any atom is 0.163 e. The smallest absolute Gasteiger partial charge is 0.163 e. The van der Waals surface area contributed by atoms with Crippen LogP contribution in [0.1, 0.15) is 42.5 Å². The molecule has 0 fully saturated rings. The molecule has 0 unspecified atom stereocenters. The second kappa shape index (κ2) is 12.3. The molecule has 0 N–H and O–H groups in total. The topological polar surface area (TPSA) is 18.5 Å². The molecule has 0 saturated heterocycles. The van der Waals surface area contributed by atoms with Crippen LogP contribution in [0.15, 0.2) is 121 Å². The average molecular weight is 497 g/mol. The van der Waals surface area contributed by atoms with Crippen molar-refractivity contribution in [2.75, 3.05) is 0 Å². The monoisotopic (exact) mass is 496 g/mol. The summed E-state index contributed by atoms with van der Waals surface area (Å²) in [5, 5.41) is 0. The van der Waals surface area contributed by atoms with Crippen molar-refractivity contribution < 1.29 is 8.85 Å². The van der Waals surface area contributed by atoms with Gasteiger partial charge >= 0.3 is 0 Å². The average Bonchev–Trinajstić information content (AvgIpc) is 2.94. The van der Waals surface area contributed by atoms with Crippen molar-refractivity contribution in [2.45, 2.75) is 43.6 Å². The Hall–Kier alpha value is -2.77. The first-order valence-electron chi connectivity index (χ1n) is 12.6.